The van der Waals surface area contributed by atoms with Gasteiger partial charge in [0.05, 0.1) is 11.0 Å². The summed E-state index contributed by atoms with van der Waals surface area (Å²) in [5, 5.41) is 2.93. The summed E-state index contributed by atoms with van der Waals surface area (Å²) in [6.07, 6.45) is 6.42. The van der Waals surface area contributed by atoms with Gasteiger partial charge in [-0.3, -0.25) is 10.1 Å². The lowest BCUT2D eigenvalue weighted by atomic mass is 9.95. The molecule has 1 saturated carbocycles. The number of carbonyl (C=O) groups excluding carboxylic acids is 1. The van der Waals surface area contributed by atoms with E-state index in [9.17, 15) is 4.79 Å². The fourth-order valence-corrected chi connectivity index (χ4v) is 3.16. The quantitative estimate of drug-likeness (QED) is 0.907. The van der Waals surface area contributed by atoms with Crippen LogP contribution in [0.4, 0.5) is 5.95 Å². The number of nitrogens with two attached hydrogens (primary N) is 1. The van der Waals surface area contributed by atoms with Crippen LogP contribution in [0.3, 0.4) is 0 Å². The predicted molar refractivity (Wildman–Crippen MR) is 84.2 cm³/mol. The minimum Gasteiger partial charge on any atom is -0.330 e. The van der Waals surface area contributed by atoms with Crippen molar-refractivity contribution >= 4 is 22.9 Å². The standard InChI is InChI=1S/C16H22N4O/c17-11-10-15(21)19-16-18-13-8-4-5-9-14(13)20(16)12-6-2-1-3-7-12/h4-5,8-9,12H,1-3,6-7,10-11,17H2,(H,18,19,21). The highest BCUT2D eigenvalue weighted by molar-refractivity contribution is 5.91. The van der Waals surface area contributed by atoms with Crippen molar-refractivity contribution in [3.63, 3.8) is 0 Å². The van der Waals surface area contributed by atoms with E-state index in [1.165, 1.54) is 19.3 Å². The van der Waals surface area contributed by atoms with Crippen molar-refractivity contribution in [2.45, 2.75) is 44.6 Å². The van der Waals surface area contributed by atoms with E-state index in [1.54, 1.807) is 0 Å². The molecule has 1 heterocycles. The van der Waals surface area contributed by atoms with Crippen molar-refractivity contribution in [2.75, 3.05) is 11.9 Å². The number of nitrogens with one attached hydrogen (secondary N) is 1. The normalized spacial score (nSPS) is 16.2. The molecule has 0 saturated heterocycles. The van der Waals surface area contributed by atoms with Crippen LogP contribution < -0.4 is 11.1 Å². The number of imidazole rings is 1. The van der Waals surface area contributed by atoms with Crippen LogP contribution in [-0.2, 0) is 4.79 Å². The van der Waals surface area contributed by atoms with Gasteiger partial charge in [0.25, 0.3) is 0 Å². The lowest BCUT2D eigenvalue weighted by Gasteiger charge is -2.25. The first-order valence-corrected chi connectivity index (χ1v) is 7.76. The molecular formula is C16H22N4O. The summed E-state index contributed by atoms with van der Waals surface area (Å²) in [6.45, 7) is 0.357. The van der Waals surface area contributed by atoms with Crippen LogP contribution in [0, 0.1) is 0 Å². The molecule has 5 heteroatoms. The first-order valence-electron chi connectivity index (χ1n) is 7.76. The van der Waals surface area contributed by atoms with Gasteiger partial charge in [0.2, 0.25) is 11.9 Å². The summed E-state index contributed by atoms with van der Waals surface area (Å²) in [5.41, 5.74) is 7.49. The summed E-state index contributed by atoms with van der Waals surface area (Å²) in [6, 6.07) is 8.50. The van der Waals surface area contributed by atoms with Gasteiger partial charge in [-0.2, -0.15) is 0 Å². The predicted octanol–water partition coefficient (Wildman–Crippen LogP) is 2.83. The average molecular weight is 286 g/mol. The zero-order chi connectivity index (χ0) is 14.7. The number of aromatic nitrogens is 2. The van der Waals surface area contributed by atoms with Crippen molar-refractivity contribution in [1.29, 1.82) is 0 Å². The van der Waals surface area contributed by atoms with Crippen LogP contribution in [0.1, 0.15) is 44.6 Å². The lowest BCUT2D eigenvalue weighted by Crippen LogP contribution is -2.21. The Morgan fingerprint density at radius 3 is 2.81 bits per heavy atom. The third-order valence-corrected chi connectivity index (χ3v) is 4.16. The van der Waals surface area contributed by atoms with E-state index in [0.29, 0.717) is 25.0 Å². The molecule has 1 aliphatic rings. The summed E-state index contributed by atoms with van der Waals surface area (Å²) in [5.74, 6) is 0.603. The molecule has 3 rings (SSSR count). The number of hydrogen-bond acceptors (Lipinski definition) is 3. The Labute approximate surface area is 124 Å². The van der Waals surface area contributed by atoms with E-state index in [0.717, 1.165) is 23.9 Å². The highest BCUT2D eigenvalue weighted by Gasteiger charge is 2.22. The molecule has 0 bridgehead atoms. The van der Waals surface area contributed by atoms with Crippen LogP contribution in [0.25, 0.3) is 11.0 Å². The van der Waals surface area contributed by atoms with E-state index in [2.05, 4.69) is 20.9 Å². The number of amides is 1. The van der Waals surface area contributed by atoms with Crippen LogP contribution in [-0.4, -0.2) is 22.0 Å². The van der Waals surface area contributed by atoms with E-state index >= 15 is 0 Å². The fraction of sp³-hybridized carbons (Fsp3) is 0.500. The lowest BCUT2D eigenvalue weighted by molar-refractivity contribution is -0.116. The minimum atomic E-state index is -0.0649. The number of fused-ring (bicyclic) bond motifs is 1. The summed E-state index contributed by atoms with van der Waals surface area (Å²) in [7, 11) is 0. The molecular weight excluding hydrogens is 264 g/mol. The van der Waals surface area contributed by atoms with Gasteiger partial charge in [-0.1, -0.05) is 31.4 Å². The second kappa shape index (κ2) is 6.26. The highest BCUT2D eigenvalue weighted by Crippen LogP contribution is 2.34. The van der Waals surface area contributed by atoms with Gasteiger partial charge in [-0.15, -0.1) is 0 Å². The molecule has 2 aromatic rings. The van der Waals surface area contributed by atoms with E-state index in [-0.39, 0.29) is 5.91 Å². The fourth-order valence-electron chi connectivity index (χ4n) is 3.16. The molecule has 1 aromatic carbocycles. The molecule has 3 N–H and O–H groups in total. The largest absolute Gasteiger partial charge is 0.330 e. The highest BCUT2D eigenvalue weighted by atomic mass is 16.1. The number of nitrogens with zero attached hydrogens (tertiary/aromatic N) is 2. The second-order valence-corrected chi connectivity index (χ2v) is 5.67. The third-order valence-electron chi connectivity index (χ3n) is 4.16. The Morgan fingerprint density at radius 2 is 2.05 bits per heavy atom. The first-order chi connectivity index (χ1) is 10.3. The molecule has 112 valence electrons. The van der Waals surface area contributed by atoms with Crippen LogP contribution in [0.5, 0.6) is 0 Å². The van der Waals surface area contributed by atoms with E-state index in [4.69, 9.17) is 5.73 Å². The zero-order valence-electron chi connectivity index (χ0n) is 12.2. The van der Waals surface area contributed by atoms with Gasteiger partial charge in [0, 0.05) is 19.0 Å². The van der Waals surface area contributed by atoms with Crippen molar-refractivity contribution in [3.8, 4) is 0 Å². The number of benzene rings is 1. The maximum Gasteiger partial charge on any atom is 0.227 e. The second-order valence-electron chi connectivity index (χ2n) is 5.67. The van der Waals surface area contributed by atoms with Crippen molar-refractivity contribution in [1.82, 2.24) is 9.55 Å². The van der Waals surface area contributed by atoms with Crippen LogP contribution in [0.2, 0.25) is 0 Å². The molecule has 1 amide bonds. The Balaban J connectivity index is 1.98. The SMILES string of the molecule is NCCC(=O)Nc1nc2ccccc2n1C1CCCCC1. The van der Waals surface area contributed by atoms with E-state index < -0.39 is 0 Å². The summed E-state index contributed by atoms with van der Waals surface area (Å²) >= 11 is 0. The molecule has 21 heavy (non-hydrogen) atoms. The molecule has 0 unspecified atom stereocenters. The van der Waals surface area contributed by atoms with E-state index in [1.807, 2.05) is 18.2 Å². The maximum absolute atomic E-state index is 11.9. The van der Waals surface area contributed by atoms with Gasteiger partial charge < -0.3 is 10.3 Å². The smallest absolute Gasteiger partial charge is 0.227 e. The van der Waals surface area contributed by atoms with Gasteiger partial charge in [-0.05, 0) is 25.0 Å². The Bertz CT molecular complexity index is 628. The molecule has 0 aliphatic heterocycles. The topological polar surface area (TPSA) is 72.9 Å². The minimum absolute atomic E-state index is 0.0649. The molecule has 1 aliphatic carbocycles. The number of para-hydroxylation sites is 2. The van der Waals surface area contributed by atoms with Crippen LogP contribution >= 0.6 is 0 Å². The molecule has 1 aromatic heterocycles. The van der Waals surface area contributed by atoms with Crippen LogP contribution in [0.15, 0.2) is 24.3 Å². The summed E-state index contributed by atoms with van der Waals surface area (Å²) in [4.78, 5) is 16.5. The number of hydrogen-bond donors (Lipinski definition) is 2. The van der Waals surface area contributed by atoms with Gasteiger partial charge in [0.1, 0.15) is 0 Å². The maximum atomic E-state index is 11.9. The molecule has 5 nitrogen and oxygen atoms in total. The molecule has 0 atom stereocenters. The monoisotopic (exact) mass is 286 g/mol. The Kier molecular flexibility index (Phi) is 4.20. The van der Waals surface area contributed by atoms with Gasteiger partial charge in [-0.25, -0.2) is 4.98 Å². The van der Waals surface area contributed by atoms with Gasteiger partial charge >= 0.3 is 0 Å². The van der Waals surface area contributed by atoms with Gasteiger partial charge in [0.15, 0.2) is 0 Å². The Hall–Kier alpha value is -1.88. The first kappa shape index (κ1) is 14.1. The van der Waals surface area contributed by atoms with Crippen molar-refractivity contribution in [3.05, 3.63) is 24.3 Å². The third kappa shape index (κ3) is 2.93. The Morgan fingerprint density at radius 1 is 1.29 bits per heavy atom. The average Bonchev–Trinajstić information content (AvgIpc) is 2.86. The molecule has 1 fully saturated rings. The molecule has 0 spiro atoms. The number of anilines is 1. The molecule has 0 radical (unpaired) electrons. The number of carbonyl (C=O) groups is 1. The summed E-state index contributed by atoms with van der Waals surface area (Å²) < 4.78 is 2.21. The van der Waals surface area contributed by atoms with Crippen molar-refractivity contribution < 1.29 is 4.79 Å². The zero-order valence-corrected chi connectivity index (χ0v) is 12.2. The number of rotatable bonds is 4. The van der Waals surface area contributed by atoms with Crippen molar-refractivity contribution in [2.24, 2.45) is 5.73 Å².